The molecule has 2 unspecified atom stereocenters. The zero-order chi connectivity index (χ0) is 20.5. The molecule has 1 aliphatic rings. The molecular weight excluding hydrogens is 358 g/mol. The number of methoxy groups -OCH3 is 1. The number of carboxylic acid groups (broad SMARTS) is 1. The Morgan fingerprint density at radius 3 is 2.75 bits per heavy atom. The van der Waals surface area contributed by atoms with Crippen molar-refractivity contribution in [2.24, 2.45) is 5.73 Å². The topological polar surface area (TPSA) is 104 Å². The van der Waals surface area contributed by atoms with Gasteiger partial charge in [0, 0.05) is 37.8 Å². The van der Waals surface area contributed by atoms with Crippen molar-refractivity contribution in [3.8, 4) is 5.88 Å². The van der Waals surface area contributed by atoms with Crippen molar-refractivity contribution in [3.63, 3.8) is 0 Å². The maximum Gasteiger partial charge on any atom is 0.213 e. The number of nitrogens with zero attached hydrogens (tertiary/aromatic N) is 4. The number of quaternary nitrogens is 1. The fourth-order valence-corrected chi connectivity index (χ4v) is 4.37. The van der Waals surface area contributed by atoms with Crippen LogP contribution in [0.3, 0.4) is 0 Å². The number of fused-ring (bicyclic) bond motifs is 1. The first-order valence-electron chi connectivity index (χ1n) is 9.58. The number of hydrogen-bond donors (Lipinski definition) is 1. The predicted octanol–water partition coefficient (Wildman–Crippen LogP) is 1.12. The summed E-state index contributed by atoms with van der Waals surface area (Å²) in [6.07, 6.45) is 1.36. The monoisotopic (exact) mass is 387 g/mol. The van der Waals surface area contributed by atoms with Gasteiger partial charge in [0.2, 0.25) is 5.88 Å². The quantitative estimate of drug-likeness (QED) is 0.771. The Hall–Kier alpha value is -2.45. The number of nitrogens with two attached hydrogens (primary N) is 1. The maximum atomic E-state index is 11.7. The van der Waals surface area contributed by atoms with Crippen molar-refractivity contribution in [3.05, 3.63) is 24.4 Å². The Bertz CT molecular complexity index is 867. The van der Waals surface area contributed by atoms with Crippen LogP contribution >= 0.6 is 0 Å². The largest absolute Gasteiger partial charge is 0.530 e. The van der Waals surface area contributed by atoms with E-state index >= 15 is 0 Å². The van der Waals surface area contributed by atoms with Crippen molar-refractivity contribution < 1.29 is 14.6 Å². The van der Waals surface area contributed by atoms with Gasteiger partial charge in [-0.25, -0.2) is 4.98 Å². The molecule has 0 bridgehead atoms. The first-order chi connectivity index (χ1) is 13.2. The molecule has 0 saturated carbocycles. The third kappa shape index (κ3) is 3.38. The van der Waals surface area contributed by atoms with Gasteiger partial charge in [-0.1, -0.05) is 0 Å². The van der Waals surface area contributed by atoms with Gasteiger partial charge in [-0.2, -0.15) is 0 Å². The lowest BCUT2D eigenvalue weighted by Gasteiger charge is -2.46. The fourth-order valence-electron chi connectivity index (χ4n) is 4.37. The van der Waals surface area contributed by atoms with Crippen LogP contribution in [0.1, 0.15) is 27.2 Å². The minimum Gasteiger partial charge on any atom is -0.530 e. The zero-order valence-electron chi connectivity index (χ0n) is 17.0. The first kappa shape index (κ1) is 20.3. The molecule has 1 fully saturated rings. The molecule has 152 valence electrons. The van der Waals surface area contributed by atoms with E-state index in [1.54, 1.807) is 19.4 Å². The third-order valence-corrected chi connectivity index (χ3v) is 5.90. The van der Waals surface area contributed by atoms with Gasteiger partial charge in [0.25, 0.3) is 0 Å². The number of aromatic nitrogens is 2. The Kier molecular flexibility index (Phi) is 5.45. The van der Waals surface area contributed by atoms with E-state index in [1.165, 1.54) is 4.90 Å². The number of hydrogen-bond acceptors (Lipinski definition) is 6. The molecule has 2 aromatic rings. The molecule has 3 heterocycles. The second kappa shape index (κ2) is 7.52. The number of rotatable bonds is 5. The Labute approximate surface area is 165 Å². The maximum absolute atomic E-state index is 11.7. The molecule has 28 heavy (non-hydrogen) atoms. The summed E-state index contributed by atoms with van der Waals surface area (Å²) in [7, 11) is 1.59. The van der Waals surface area contributed by atoms with E-state index in [4.69, 9.17) is 10.5 Å². The summed E-state index contributed by atoms with van der Waals surface area (Å²) in [6.45, 7) is 8.50. The Morgan fingerprint density at radius 2 is 2.14 bits per heavy atom. The van der Waals surface area contributed by atoms with Crippen LogP contribution in [-0.2, 0) is 0 Å². The van der Waals surface area contributed by atoms with Gasteiger partial charge in [-0.15, -0.1) is 0 Å². The molecule has 2 N–H and O–H groups in total. The van der Waals surface area contributed by atoms with Crippen LogP contribution in [0.4, 0.5) is 10.5 Å². The van der Waals surface area contributed by atoms with E-state index in [0.29, 0.717) is 16.9 Å². The van der Waals surface area contributed by atoms with E-state index in [2.05, 4.69) is 30.7 Å². The number of likely N-dealkylation sites (tertiary alicyclic amines) is 1. The average molecular weight is 387 g/mol. The zero-order valence-corrected chi connectivity index (χ0v) is 17.0. The molecule has 0 radical (unpaired) electrons. The number of carbonyl (C=O) groups excluding carboxylic acids is 1. The van der Waals surface area contributed by atoms with Gasteiger partial charge in [0.05, 0.1) is 30.8 Å². The molecule has 1 amide bonds. The molecule has 2 atom stereocenters. The van der Waals surface area contributed by atoms with Gasteiger partial charge >= 0.3 is 0 Å². The van der Waals surface area contributed by atoms with Gasteiger partial charge in [0.1, 0.15) is 12.6 Å². The number of carbonyl (C=O) groups is 1. The van der Waals surface area contributed by atoms with Crippen LogP contribution in [-0.4, -0.2) is 65.8 Å². The highest BCUT2D eigenvalue weighted by molar-refractivity contribution is 5.87. The predicted molar refractivity (Wildman–Crippen MR) is 107 cm³/mol. The van der Waals surface area contributed by atoms with E-state index in [9.17, 15) is 9.90 Å². The molecule has 1 aliphatic heterocycles. The van der Waals surface area contributed by atoms with E-state index in [-0.39, 0.29) is 24.7 Å². The summed E-state index contributed by atoms with van der Waals surface area (Å²) < 4.78 is 5.93. The molecule has 8 heteroatoms. The molecule has 8 nitrogen and oxygen atoms in total. The molecule has 0 aromatic carbocycles. The van der Waals surface area contributed by atoms with Gasteiger partial charge in [-0.3, -0.25) is 9.47 Å². The van der Waals surface area contributed by atoms with Gasteiger partial charge in [0.15, 0.2) is 11.2 Å². The summed E-state index contributed by atoms with van der Waals surface area (Å²) in [4.78, 5) is 22.2. The summed E-state index contributed by atoms with van der Waals surface area (Å²) in [5.41, 5.74) is 8.08. The summed E-state index contributed by atoms with van der Waals surface area (Å²) >= 11 is 0. The van der Waals surface area contributed by atoms with Crippen LogP contribution in [0.5, 0.6) is 5.88 Å². The second-order valence-corrected chi connectivity index (χ2v) is 8.29. The highest BCUT2D eigenvalue weighted by Crippen LogP contribution is 2.42. The van der Waals surface area contributed by atoms with Crippen LogP contribution < -0.4 is 20.1 Å². The Morgan fingerprint density at radius 1 is 1.39 bits per heavy atom. The first-order valence-corrected chi connectivity index (χ1v) is 9.58. The summed E-state index contributed by atoms with van der Waals surface area (Å²) in [5.74, 6) is 0.532. The van der Waals surface area contributed by atoms with Crippen LogP contribution in [0, 0.1) is 0 Å². The van der Waals surface area contributed by atoms with Crippen LogP contribution in [0.25, 0.3) is 11.0 Å². The minimum atomic E-state index is -1.16. The van der Waals surface area contributed by atoms with Gasteiger partial charge < -0.3 is 25.3 Å². The summed E-state index contributed by atoms with van der Waals surface area (Å²) in [5, 5.41) is 11.7. The number of ether oxygens (including phenoxy) is 1. The van der Waals surface area contributed by atoms with Crippen LogP contribution in [0.2, 0.25) is 0 Å². The minimum absolute atomic E-state index is 0.151. The van der Waals surface area contributed by atoms with Crippen molar-refractivity contribution in [1.29, 1.82) is 0 Å². The van der Waals surface area contributed by atoms with Crippen molar-refractivity contribution in [1.82, 2.24) is 19.4 Å². The average Bonchev–Trinajstić information content (AvgIpc) is 3.11. The molecule has 0 aliphatic carbocycles. The lowest BCUT2D eigenvalue weighted by Crippen LogP contribution is -2.62. The third-order valence-electron chi connectivity index (χ3n) is 5.90. The number of amides is 1. The van der Waals surface area contributed by atoms with Crippen molar-refractivity contribution in [2.45, 2.75) is 38.8 Å². The standard InChI is InChI=1S/C20H29N5O3/c1-20(2,3)25(12-8-14(13-25)24(11-9-21)19(26)27)16-7-10-22-15-5-6-17(28-4)23-18(15)16/h5-7,10,14H,8-9,11-13,21H2,1-4H3. The van der Waals surface area contributed by atoms with E-state index in [1.807, 2.05) is 12.1 Å². The fraction of sp³-hybridized carbons (Fsp3) is 0.550. The molecule has 2 aromatic heterocycles. The normalized spacial score (nSPS) is 22.4. The molecule has 3 rings (SSSR count). The second-order valence-electron chi connectivity index (χ2n) is 8.29. The van der Waals surface area contributed by atoms with E-state index in [0.717, 1.165) is 29.7 Å². The van der Waals surface area contributed by atoms with Crippen LogP contribution in [0.15, 0.2) is 24.4 Å². The highest BCUT2D eigenvalue weighted by Gasteiger charge is 2.51. The molecule has 1 saturated heterocycles. The lowest BCUT2D eigenvalue weighted by atomic mass is 9.99. The SMILES string of the molecule is COc1ccc2nccc([N+]3(C(C)(C)C)CCC(N(CCN)C(=O)[O-])C3)c2n1. The van der Waals surface area contributed by atoms with E-state index < -0.39 is 6.09 Å². The highest BCUT2D eigenvalue weighted by atomic mass is 16.5. The molecule has 0 spiro atoms. The Balaban J connectivity index is 2.13. The number of pyridine rings is 2. The molecular formula is C20H29N5O3. The lowest BCUT2D eigenvalue weighted by molar-refractivity contribution is -0.267. The van der Waals surface area contributed by atoms with Crippen molar-refractivity contribution in [2.75, 3.05) is 33.3 Å². The smallest absolute Gasteiger partial charge is 0.213 e. The van der Waals surface area contributed by atoms with Gasteiger partial charge in [-0.05, 0) is 26.8 Å². The summed E-state index contributed by atoms with van der Waals surface area (Å²) in [6, 6.07) is 5.54. The van der Waals surface area contributed by atoms with Crippen molar-refractivity contribution >= 4 is 22.8 Å².